The van der Waals surface area contributed by atoms with E-state index in [1.807, 2.05) is 0 Å². The van der Waals surface area contributed by atoms with Gasteiger partial charge in [0.15, 0.2) is 0 Å². The largest absolute Gasteiger partial charge is 0.311 e. The van der Waals surface area contributed by atoms with Crippen LogP contribution in [-0.4, -0.2) is 0 Å². The average Bonchev–Trinajstić information content (AvgIpc) is 4.16. The molecule has 5 aliphatic carbocycles. The van der Waals surface area contributed by atoms with Crippen LogP contribution in [0.15, 0.2) is 176 Å². The lowest BCUT2D eigenvalue weighted by Gasteiger charge is -2.34. The van der Waals surface area contributed by atoms with Gasteiger partial charge in [-0.2, -0.15) is 0 Å². The second-order valence-electron chi connectivity index (χ2n) is 18.4. The van der Waals surface area contributed by atoms with E-state index in [9.17, 15) is 0 Å². The molecule has 7 aromatic rings. The molecule has 0 saturated heterocycles. The molecule has 0 amide bonds. The zero-order valence-electron chi connectivity index (χ0n) is 33.3. The van der Waals surface area contributed by atoms with Crippen LogP contribution >= 0.6 is 0 Å². The van der Waals surface area contributed by atoms with Crippen LogP contribution in [-0.2, 0) is 5.41 Å². The molecule has 6 unspecified atom stereocenters. The summed E-state index contributed by atoms with van der Waals surface area (Å²) in [5.41, 5.74) is 16.7. The highest BCUT2D eigenvalue weighted by Gasteiger charge is 2.46. The summed E-state index contributed by atoms with van der Waals surface area (Å²) in [5.74, 6) is 5.15. The van der Waals surface area contributed by atoms with Crippen molar-refractivity contribution in [3.63, 3.8) is 0 Å². The third-order valence-corrected chi connectivity index (χ3v) is 15.6. The molecule has 6 atom stereocenters. The SMILES string of the molecule is c1ccc(C2(c3ccccc3)c3ccccc3-c3ccc(-c4ccc(N(c5ccc(C6CC7CCC6C7)cc5)c5ccc(C6CC7CCC6C7)cc5)cc4)cc32)cc1. The molecule has 1 heteroatoms. The van der Waals surface area contributed by atoms with Crippen molar-refractivity contribution in [3.8, 4) is 22.3 Å². The molecule has 0 radical (unpaired) electrons. The van der Waals surface area contributed by atoms with E-state index in [1.165, 1.54) is 113 Å². The van der Waals surface area contributed by atoms with E-state index in [-0.39, 0.29) is 0 Å². The number of anilines is 3. The molecule has 0 heterocycles. The van der Waals surface area contributed by atoms with Crippen molar-refractivity contribution in [3.05, 3.63) is 209 Å². The molecule has 5 aliphatic rings. The molecular formula is C57H51N. The Hall–Kier alpha value is -5.66. The molecular weight excluding hydrogens is 699 g/mol. The van der Waals surface area contributed by atoms with E-state index in [2.05, 4.69) is 181 Å². The van der Waals surface area contributed by atoms with Crippen LogP contribution in [0.1, 0.15) is 96.6 Å². The summed E-state index contributed by atoms with van der Waals surface area (Å²) in [5, 5.41) is 0. The number of hydrogen-bond donors (Lipinski definition) is 0. The van der Waals surface area contributed by atoms with Crippen LogP contribution in [0, 0.1) is 23.7 Å². The normalized spacial score (nSPS) is 24.5. The second-order valence-corrected chi connectivity index (χ2v) is 18.4. The fourth-order valence-corrected chi connectivity index (χ4v) is 12.9. The van der Waals surface area contributed by atoms with E-state index in [0.717, 1.165) is 35.5 Å². The van der Waals surface area contributed by atoms with E-state index >= 15 is 0 Å². The standard InChI is InChI=1S/C57H51N/c1-3-9-46(10-4-1)57(47-11-5-2-6-12-47)55-14-8-7-13-51(55)52-32-25-43(37-56(52)57)40-19-26-48(27-20-40)58(49-28-21-41(22-29-49)53-35-38-15-17-44(53)33-38)50-30-23-42(24-31-50)54-36-39-16-18-45(54)34-39/h1-14,19-32,37-39,44-45,53-54H,15-18,33-36H2. The quantitative estimate of drug-likeness (QED) is 0.150. The maximum absolute atomic E-state index is 2.48. The summed E-state index contributed by atoms with van der Waals surface area (Å²) >= 11 is 0. The monoisotopic (exact) mass is 749 g/mol. The van der Waals surface area contributed by atoms with Gasteiger partial charge in [0.2, 0.25) is 0 Å². The van der Waals surface area contributed by atoms with Crippen LogP contribution in [0.5, 0.6) is 0 Å². The molecule has 12 rings (SSSR count). The molecule has 1 nitrogen and oxygen atoms in total. The van der Waals surface area contributed by atoms with Crippen LogP contribution < -0.4 is 4.90 Å². The van der Waals surface area contributed by atoms with Crippen molar-refractivity contribution in [2.45, 2.75) is 68.6 Å². The number of rotatable bonds is 8. The Morgan fingerprint density at radius 2 is 0.845 bits per heavy atom. The Labute approximate surface area is 344 Å². The molecule has 7 aromatic carbocycles. The van der Waals surface area contributed by atoms with Crippen LogP contribution in [0.25, 0.3) is 22.3 Å². The van der Waals surface area contributed by atoms with Crippen molar-refractivity contribution in [2.24, 2.45) is 23.7 Å². The summed E-state index contributed by atoms with van der Waals surface area (Å²) in [6.07, 6.45) is 11.4. The smallest absolute Gasteiger partial charge is 0.0713 e. The summed E-state index contributed by atoms with van der Waals surface area (Å²) in [4.78, 5) is 2.48. The van der Waals surface area contributed by atoms with Gasteiger partial charge < -0.3 is 4.90 Å². The molecule has 0 spiro atoms. The topological polar surface area (TPSA) is 3.24 Å². The zero-order chi connectivity index (χ0) is 38.2. The maximum atomic E-state index is 2.48. The van der Waals surface area contributed by atoms with Crippen molar-refractivity contribution in [1.29, 1.82) is 0 Å². The minimum absolute atomic E-state index is 0.407. The highest BCUT2D eigenvalue weighted by atomic mass is 15.1. The van der Waals surface area contributed by atoms with Crippen molar-refractivity contribution in [1.82, 2.24) is 0 Å². The highest BCUT2D eigenvalue weighted by Crippen LogP contribution is 2.57. The molecule has 284 valence electrons. The molecule has 0 aliphatic heterocycles. The van der Waals surface area contributed by atoms with Crippen molar-refractivity contribution in [2.75, 3.05) is 4.90 Å². The van der Waals surface area contributed by atoms with Crippen LogP contribution in [0.3, 0.4) is 0 Å². The predicted molar refractivity (Wildman–Crippen MR) is 240 cm³/mol. The van der Waals surface area contributed by atoms with Crippen LogP contribution in [0.4, 0.5) is 17.1 Å². The molecule has 4 saturated carbocycles. The lowest BCUT2D eigenvalue weighted by molar-refractivity contribution is 0.420. The third kappa shape index (κ3) is 5.42. The van der Waals surface area contributed by atoms with Gasteiger partial charge in [-0.05, 0) is 172 Å². The number of fused-ring (bicyclic) bond motifs is 7. The van der Waals surface area contributed by atoms with Gasteiger partial charge >= 0.3 is 0 Å². The Balaban J connectivity index is 0.928. The summed E-state index contributed by atoms with van der Waals surface area (Å²) < 4.78 is 0. The van der Waals surface area contributed by atoms with Gasteiger partial charge in [-0.1, -0.05) is 146 Å². The number of hydrogen-bond acceptors (Lipinski definition) is 1. The maximum Gasteiger partial charge on any atom is 0.0713 e. The lowest BCUT2D eigenvalue weighted by Crippen LogP contribution is -2.28. The van der Waals surface area contributed by atoms with Gasteiger partial charge in [0.1, 0.15) is 0 Å². The van der Waals surface area contributed by atoms with Crippen molar-refractivity contribution < 1.29 is 0 Å². The first-order valence-electron chi connectivity index (χ1n) is 22.2. The summed E-state index contributed by atoms with van der Waals surface area (Å²) in [6.45, 7) is 0. The lowest BCUT2D eigenvalue weighted by atomic mass is 9.67. The second kappa shape index (κ2) is 13.7. The molecule has 0 aromatic heterocycles. The Morgan fingerprint density at radius 1 is 0.379 bits per heavy atom. The average molecular weight is 750 g/mol. The van der Waals surface area contributed by atoms with E-state index in [0.29, 0.717) is 0 Å². The third-order valence-electron chi connectivity index (χ3n) is 15.6. The Morgan fingerprint density at radius 3 is 1.34 bits per heavy atom. The number of benzene rings is 7. The van der Waals surface area contributed by atoms with Gasteiger partial charge in [-0.15, -0.1) is 0 Å². The van der Waals surface area contributed by atoms with E-state index < -0.39 is 5.41 Å². The first kappa shape index (κ1) is 34.4. The Kier molecular flexibility index (Phi) is 8.14. The van der Waals surface area contributed by atoms with Crippen LogP contribution in [0.2, 0.25) is 0 Å². The van der Waals surface area contributed by atoms with E-state index in [1.54, 1.807) is 11.1 Å². The summed E-state index contributed by atoms with van der Waals surface area (Å²) in [6, 6.07) is 67.2. The van der Waals surface area contributed by atoms with Gasteiger partial charge in [-0.25, -0.2) is 0 Å². The highest BCUT2D eigenvalue weighted by molar-refractivity contribution is 5.88. The minimum atomic E-state index is -0.407. The minimum Gasteiger partial charge on any atom is -0.311 e. The molecule has 4 bridgehead atoms. The summed E-state index contributed by atoms with van der Waals surface area (Å²) in [7, 11) is 0. The molecule has 0 N–H and O–H groups in total. The fraction of sp³-hybridized carbons (Fsp3) is 0.263. The Bertz CT molecular complexity index is 2480. The van der Waals surface area contributed by atoms with Gasteiger partial charge in [0, 0.05) is 17.1 Å². The number of nitrogens with zero attached hydrogens (tertiary/aromatic N) is 1. The van der Waals surface area contributed by atoms with Crippen molar-refractivity contribution >= 4 is 17.1 Å². The van der Waals surface area contributed by atoms with Gasteiger partial charge in [-0.3, -0.25) is 0 Å². The zero-order valence-corrected chi connectivity index (χ0v) is 33.3. The predicted octanol–water partition coefficient (Wildman–Crippen LogP) is 15.0. The van der Waals surface area contributed by atoms with E-state index in [4.69, 9.17) is 0 Å². The first-order chi connectivity index (χ1) is 28.7. The van der Waals surface area contributed by atoms with Gasteiger partial charge in [0.05, 0.1) is 5.41 Å². The first-order valence-corrected chi connectivity index (χ1v) is 22.2. The molecule has 58 heavy (non-hydrogen) atoms. The molecule has 4 fully saturated rings. The van der Waals surface area contributed by atoms with Gasteiger partial charge in [0.25, 0.3) is 0 Å². The fourth-order valence-electron chi connectivity index (χ4n) is 12.9.